The van der Waals surface area contributed by atoms with Crippen LogP contribution in [-0.4, -0.2) is 36.9 Å². The minimum atomic E-state index is -3.40. The van der Waals surface area contributed by atoms with Gasteiger partial charge in [-0.3, -0.25) is 4.79 Å². The molecule has 0 aromatic carbocycles. The van der Waals surface area contributed by atoms with Crippen LogP contribution in [0.1, 0.15) is 35.4 Å². The summed E-state index contributed by atoms with van der Waals surface area (Å²) in [7, 11) is -3.40. The summed E-state index contributed by atoms with van der Waals surface area (Å²) < 4.78 is 26.8. The van der Waals surface area contributed by atoms with Gasteiger partial charge in [-0.05, 0) is 45.1 Å². The van der Waals surface area contributed by atoms with Crippen LogP contribution in [0.4, 0.5) is 0 Å². The monoisotopic (exact) mass is 331 g/mol. The van der Waals surface area contributed by atoms with Crippen molar-refractivity contribution in [1.29, 1.82) is 0 Å². The number of carboxylic acid groups (broad SMARTS) is 1. The highest BCUT2D eigenvalue weighted by molar-refractivity contribution is 7.89. The number of nitrogens with zero attached hydrogens (tertiary/aromatic N) is 1. The molecule has 1 aromatic heterocycles. The number of hydrogen-bond donors (Lipinski definition) is 1. The van der Waals surface area contributed by atoms with E-state index < -0.39 is 16.0 Å². The van der Waals surface area contributed by atoms with Gasteiger partial charge < -0.3 is 5.11 Å². The summed E-state index contributed by atoms with van der Waals surface area (Å²) in [6.07, 6.45) is 2.30. The van der Waals surface area contributed by atoms with Crippen molar-refractivity contribution < 1.29 is 18.3 Å². The molecular weight excluding hydrogens is 310 g/mol. The van der Waals surface area contributed by atoms with Crippen molar-refractivity contribution >= 4 is 27.3 Å². The SMILES string of the molecule is Cc1cc(S(=O)(=O)N2CCC(CCC(=O)O)CC2)c(C)s1. The van der Waals surface area contributed by atoms with Gasteiger partial charge in [-0.1, -0.05) is 0 Å². The highest BCUT2D eigenvalue weighted by atomic mass is 32.2. The molecule has 0 atom stereocenters. The van der Waals surface area contributed by atoms with E-state index in [1.807, 2.05) is 13.8 Å². The first kappa shape index (κ1) is 16.5. The zero-order valence-corrected chi connectivity index (χ0v) is 14.0. The zero-order valence-electron chi connectivity index (χ0n) is 12.3. The fourth-order valence-electron chi connectivity index (χ4n) is 2.77. The van der Waals surface area contributed by atoms with E-state index in [-0.39, 0.29) is 6.42 Å². The van der Waals surface area contributed by atoms with Crippen LogP contribution >= 0.6 is 11.3 Å². The van der Waals surface area contributed by atoms with Gasteiger partial charge in [-0.15, -0.1) is 11.3 Å². The Balaban J connectivity index is 2.01. The predicted octanol–water partition coefficient (Wildman–Crippen LogP) is 2.63. The smallest absolute Gasteiger partial charge is 0.303 e. The highest BCUT2D eigenvalue weighted by Crippen LogP contribution is 2.31. The van der Waals surface area contributed by atoms with E-state index in [1.165, 1.54) is 11.3 Å². The molecular formula is C14H21NO4S2. The zero-order chi connectivity index (χ0) is 15.6. The number of carboxylic acids is 1. The van der Waals surface area contributed by atoms with Crippen molar-refractivity contribution in [3.8, 4) is 0 Å². The summed E-state index contributed by atoms with van der Waals surface area (Å²) in [5, 5.41) is 8.70. The standard InChI is InChI=1S/C14H21NO4S2/c1-10-9-13(11(2)20-10)21(18,19)15-7-5-12(6-8-15)3-4-14(16)17/h9,12H,3-8H2,1-2H3,(H,16,17). The Morgan fingerprint density at radius 1 is 1.38 bits per heavy atom. The summed E-state index contributed by atoms with van der Waals surface area (Å²) >= 11 is 1.50. The Morgan fingerprint density at radius 3 is 2.48 bits per heavy atom. The lowest BCUT2D eigenvalue weighted by atomic mass is 9.93. The molecule has 0 spiro atoms. The maximum absolute atomic E-state index is 12.6. The Morgan fingerprint density at radius 2 is 2.00 bits per heavy atom. The average Bonchev–Trinajstić information content (AvgIpc) is 2.76. The quantitative estimate of drug-likeness (QED) is 0.900. The van der Waals surface area contributed by atoms with Crippen LogP contribution in [0.5, 0.6) is 0 Å². The normalized spacial score (nSPS) is 18.0. The minimum Gasteiger partial charge on any atom is -0.481 e. The summed E-state index contributed by atoms with van der Waals surface area (Å²) in [6.45, 7) is 4.72. The second-order valence-corrected chi connectivity index (χ2v) is 8.92. The Hall–Kier alpha value is -0.920. The van der Waals surface area contributed by atoms with Gasteiger partial charge in [0.1, 0.15) is 0 Å². The molecule has 1 saturated heterocycles. The molecule has 1 fully saturated rings. The van der Waals surface area contributed by atoms with Crippen molar-refractivity contribution in [2.45, 2.75) is 44.4 Å². The van der Waals surface area contributed by atoms with E-state index in [9.17, 15) is 13.2 Å². The lowest BCUT2D eigenvalue weighted by Crippen LogP contribution is -2.38. The third-order valence-electron chi connectivity index (χ3n) is 3.95. The van der Waals surface area contributed by atoms with Gasteiger partial charge in [0.15, 0.2) is 0 Å². The molecule has 2 heterocycles. The van der Waals surface area contributed by atoms with Crippen molar-refractivity contribution in [1.82, 2.24) is 4.31 Å². The summed E-state index contributed by atoms with van der Waals surface area (Å²) in [4.78, 5) is 12.8. The number of thiophene rings is 1. The number of piperidine rings is 1. The van der Waals surface area contributed by atoms with Gasteiger partial charge in [-0.25, -0.2) is 8.42 Å². The van der Waals surface area contributed by atoms with E-state index in [0.29, 0.717) is 30.3 Å². The van der Waals surface area contributed by atoms with E-state index in [4.69, 9.17) is 5.11 Å². The minimum absolute atomic E-state index is 0.167. The fraction of sp³-hybridized carbons (Fsp3) is 0.643. The van der Waals surface area contributed by atoms with Crippen LogP contribution in [0.15, 0.2) is 11.0 Å². The van der Waals surface area contributed by atoms with Gasteiger partial charge >= 0.3 is 5.97 Å². The van der Waals surface area contributed by atoms with E-state index in [2.05, 4.69) is 0 Å². The average molecular weight is 331 g/mol. The summed E-state index contributed by atoms with van der Waals surface area (Å²) in [5.74, 6) is -0.465. The lowest BCUT2D eigenvalue weighted by Gasteiger charge is -2.31. The molecule has 1 aliphatic rings. The molecule has 2 rings (SSSR count). The fourth-order valence-corrected chi connectivity index (χ4v) is 5.76. The number of hydrogen-bond acceptors (Lipinski definition) is 4. The van der Waals surface area contributed by atoms with Crippen molar-refractivity contribution in [2.24, 2.45) is 5.92 Å². The predicted molar refractivity (Wildman–Crippen MR) is 82.1 cm³/mol. The molecule has 0 bridgehead atoms. The van der Waals surface area contributed by atoms with Crippen LogP contribution in [0, 0.1) is 19.8 Å². The maximum atomic E-state index is 12.6. The second kappa shape index (κ2) is 6.46. The summed E-state index contributed by atoms with van der Waals surface area (Å²) in [5.41, 5.74) is 0. The third-order valence-corrected chi connectivity index (χ3v) is 7.07. The molecule has 21 heavy (non-hydrogen) atoms. The van der Waals surface area contributed by atoms with Gasteiger partial charge in [0.25, 0.3) is 0 Å². The second-order valence-electron chi connectivity index (χ2n) is 5.56. The number of aliphatic carboxylic acids is 1. The van der Waals surface area contributed by atoms with E-state index in [0.717, 1.165) is 22.6 Å². The largest absolute Gasteiger partial charge is 0.481 e. The molecule has 1 aliphatic heterocycles. The number of sulfonamides is 1. The molecule has 1 N–H and O–H groups in total. The van der Waals surface area contributed by atoms with Crippen LogP contribution in [0.3, 0.4) is 0 Å². The van der Waals surface area contributed by atoms with Gasteiger partial charge in [0.05, 0.1) is 4.90 Å². The highest BCUT2D eigenvalue weighted by Gasteiger charge is 2.31. The first-order valence-corrected chi connectivity index (χ1v) is 9.35. The number of aryl methyl sites for hydroxylation is 2. The van der Waals surface area contributed by atoms with Crippen LogP contribution < -0.4 is 0 Å². The molecule has 0 saturated carbocycles. The van der Waals surface area contributed by atoms with Crippen LogP contribution in [0.2, 0.25) is 0 Å². The number of rotatable bonds is 5. The van der Waals surface area contributed by atoms with Gasteiger partial charge in [0, 0.05) is 29.3 Å². The topological polar surface area (TPSA) is 74.7 Å². The molecule has 0 unspecified atom stereocenters. The van der Waals surface area contributed by atoms with Crippen LogP contribution in [-0.2, 0) is 14.8 Å². The summed E-state index contributed by atoms with van der Waals surface area (Å²) in [6, 6.07) is 1.74. The van der Waals surface area contributed by atoms with E-state index >= 15 is 0 Å². The molecule has 0 aliphatic carbocycles. The Labute approximate surface area is 129 Å². The van der Waals surface area contributed by atoms with Crippen molar-refractivity contribution in [2.75, 3.05) is 13.1 Å². The molecule has 0 amide bonds. The van der Waals surface area contributed by atoms with Gasteiger partial charge in [0.2, 0.25) is 10.0 Å². The molecule has 5 nitrogen and oxygen atoms in total. The molecule has 0 radical (unpaired) electrons. The molecule has 118 valence electrons. The van der Waals surface area contributed by atoms with Gasteiger partial charge in [-0.2, -0.15) is 4.31 Å². The first-order chi connectivity index (χ1) is 9.80. The van der Waals surface area contributed by atoms with Crippen molar-refractivity contribution in [3.63, 3.8) is 0 Å². The van der Waals surface area contributed by atoms with Crippen molar-refractivity contribution in [3.05, 3.63) is 15.8 Å². The Bertz CT molecular complexity index is 613. The molecule has 7 heteroatoms. The van der Waals surface area contributed by atoms with Crippen LogP contribution in [0.25, 0.3) is 0 Å². The van der Waals surface area contributed by atoms with E-state index in [1.54, 1.807) is 10.4 Å². The lowest BCUT2D eigenvalue weighted by molar-refractivity contribution is -0.137. The third kappa shape index (κ3) is 3.84. The number of carbonyl (C=O) groups is 1. The Kier molecular flexibility index (Phi) is 5.06. The molecule has 1 aromatic rings. The first-order valence-electron chi connectivity index (χ1n) is 7.09. The maximum Gasteiger partial charge on any atom is 0.303 e.